The number of rotatable bonds is 3. The van der Waals surface area contributed by atoms with Gasteiger partial charge in [0.1, 0.15) is 0 Å². The van der Waals surface area contributed by atoms with Crippen molar-refractivity contribution in [2.24, 2.45) is 0 Å². The van der Waals surface area contributed by atoms with E-state index in [2.05, 4.69) is 4.98 Å². The summed E-state index contributed by atoms with van der Waals surface area (Å²) in [7, 11) is 1.76. The summed E-state index contributed by atoms with van der Waals surface area (Å²) >= 11 is 0. The Balaban J connectivity index is 2.06. The van der Waals surface area contributed by atoms with Crippen LogP contribution in [0.5, 0.6) is 0 Å². The molecule has 0 bridgehead atoms. The predicted molar refractivity (Wildman–Crippen MR) is 72.2 cm³/mol. The predicted octanol–water partition coefficient (Wildman–Crippen LogP) is 1.87. The SMILES string of the molecule is CN(C(=O)Cc1ccc(N)cn1)c1ccccc1. The van der Waals surface area contributed by atoms with Gasteiger partial charge in [0.15, 0.2) is 0 Å². The van der Waals surface area contributed by atoms with Crippen molar-refractivity contribution in [3.63, 3.8) is 0 Å². The number of pyridine rings is 1. The number of carbonyl (C=O) groups excluding carboxylic acids is 1. The first-order chi connectivity index (χ1) is 8.66. The van der Waals surface area contributed by atoms with Crippen LogP contribution in [0, 0.1) is 0 Å². The van der Waals surface area contributed by atoms with Crippen LogP contribution in [-0.2, 0) is 11.2 Å². The molecule has 0 saturated carbocycles. The van der Waals surface area contributed by atoms with Crippen molar-refractivity contribution in [3.8, 4) is 0 Å². The first-order valence-electron chi connectivity index (χ1n) is 5.69. The van der Waals surface area contributed by atoms with E-state index >= 15 is 0 Å². The van der Waals surface area contributed by atoms with Gasteiger partial charge in [-0.1, -0.05) is 18.2 Å². The van der Waals surface area contributed by atoms with Gasteiger partial charge in [0.25, 0.3) is 0 Å². The van der Waals surface area contributed by atoms with E-state index in [0.29, 0.717) is 5.69 Å². The molecule has 1 aromatic carbocycles. The number of para-hydroxylation sites is 1. The molecule has 0 aliphatic heterocycles. The van der Waals surface area contributed by atoms with E-state index in [1.54, 1.807) is 30.3 Å². The second-order valence-electron chi connectivity index (χ2n) is 4.05. The molecule has 92 valence electrons. The van der Waals surface area contributed by atoms with E-state index in [9.17, 15) is 4.79 Å². The average Bonchev–Trinajstić information content (AvgIpc) is 2.41. The molecule has 0 aliphatic rings. The second-order valence-corrected chi connectivity index (χ2v) is 4.05. The Morgan fingerprint density at radius 3 is 2.56 bits per heavy atom. The fourth-order valence-corrected chi connectivity index (χ4v) is 1.61. The molecule has 4 nitrogen and oxygen atoms in total. The third-order valence-corrected chi connectivity index (χ3v) is 2.70. The molecule has 18 heavy (non-hydrogen) atoms. The molecular weight excluding hydrogens is 226 g/mol. The smallest absolute Gasteiger partial charge is 0.232 e. The molecule has 2 N–H and O–H groups in total. The van der Waals surface area contributed by atoms with Crippen molar-refractivity contribution in [1.29, 1.82) is 0 Å². The van der Waals surface area contributed by atoms with Crippen molar-refractivity contribution >= 4 is 17.3 Å². The van der Waals surface area contributed by atoms with Gasteiger partial charge < -0.3 is 10.6 Å². The fraction of sp³-hybridized carbons (Fsp3) is 0.143. The van der Waals surface area contributed by atoms with Crippen molar-refractivity contribution in [2.75, 3.05) is 17.7 Å². The first kappa shape index (κ1) is 12.1. The lowest BCUT2D eigenvalue weighted by Crippen LogP contribution is -2.28. The van der Waals surface area contributed by atoms with Crippen LogP contribution in [0.4, 0.5) is 11.4 Å². The largest absolute Gasteiger partial charge is 0.397 e. The highest BCUT2D eigenvalue weighted by Gasteiger charge is 2.11. The van der Waals surface area contributed by atoms with E-state index in [-0.39, 0.29) is 12.3 Å². The molecular formula is C14H15N3O. The first-order valence-corrected chi connectivity index (χ1v) is 5.69. The molecule has 1 amide bonds. The second kappa shape index (κ2) is 5.31. The zero-order valence-electron chi connectivity index (χ0n) is 10.2. The number of nitrogen functional groups attached to an aromatic ring is 1. The Morgan fingerprint density at radius 2 is 1.94 bits per heavy atom. The summed E-state index contributed by atoms with van der Waals surface area (Å²) in [6, 6.07) is 13.0. The van der Waals surface area contributed by atoms with Gasteiger partial charge in [0.05, 0.1) is 18.3 Å². The molecule has 0 aliphatic carbocycles. The summed E-state index contributed by atoms with van der Waals surface area (Å²) in [5, 5.41) is 0. The number of nitrogens with zero attached hydrogens (tertiary/aromatic N) is 2. The quantitative estimate of drug-likeness (QED) is 0.892. The minimum Gasteiger partial charge on any atom is -0.397 e. The molecule has 0 radical (unpaired) electrons. The summed E-state index contributed by atoms with van der Waals surface area (Å²) in [5.74, 6) is -0.00142. The monoisotopic (exact) mass is 241 g/mol. The Kier molecular flexibility index (Phi) is 3.57. The number of nitrogens with two attached hydrogens (primary N) is 1. The number of likely N-dealkylation sites (N-methyl/N-ethyl adjacent to an activating group) is 1. The summed E-state index contributed by atoms with van der Waals surface area (Å²) in [6.45, 7) is 0. The van der Waals surface area contributed by atoms with Crippen molar-refractivity contribution in [1.82, 2.24) is 4.98 Å². The van der Waals surface area contributed by atoms with Crippen LogP contribution < -0.4 is 10.6 Å². The van der Waals surface area contributed by atoms with Crippen LogP contribution in [0.25, 0.3) is 0 Å². The normalized spacial score (nSPS) is 10.1. The molecule has 2 aromatic rings. The molecule has 0 spiro atoms. The maximum Gasteiger partial charge on any atom is 0.232 e. The minimum absolute atomic E-state index is 0.00142. The lowest BCUT2D eigenvalue weighted by molar-refractivity contribution is -0.117. The van der Waals surface area contributed by atoms with E-state index in [1.165, 1.54) is 0 Å². The van der Waals surface area contributed by atoms with Crippen molar-refractivity contribution < 1.29 is 4.79 Å². The fourth-order valence-electron chi connectivity index (χ4n) is 1.61. The molecule has 0 saturated heterocycles. The Labute approximate surface area is 106 Å². The summed E-state index contributed by atoms with van der Waals surface area (Å²) in [6.07, 6.45) is 1.83. The zero-order valence-corrected chi connectivity index (χ0v) is 10.2. The van der Waals surface area contributed by atoms with E-state index < -0.39 is 0 Å². The van der Waals surface area contributed by atoms with Crippen LogP contribution in [0.2, 0.25) is 0 Å². The van der Waals surface area contributed by atoms with E-state index in [0.717, 1.165) is 11.4 Å². The number of amides is 1. The molecule has 4 heteroatoms. The number of hydrogen-bond donors (Lipinski definition) is 1. The van der Waals surface area contributed by atoms with Gasteiger partial charge in [-0.15, -0.1) is 0 Å². The van der Waals surface area contributed by atoms with Crippen LogP contribution in [0.15, 0.2) is 48.7 Å². The highest BCUT2D eigenvalue weighted by Crippen LogP contribution is 2.12. The van der Waals surface area contributed by atoms with Gasteiger partial charge >= 0.3 is 0 Å². The molecule has 0 fully saturated rings. The number of aromatic nitrogens is 1. The maximum absolute atomic E-state index is 12.1. The number of anilines is 2. The lowest BCUT2D eigenvalue weighted by Gasteiger charge is -2.16. The van der Waals surface area contributed by atoms with Gasteiger partial charge in [-0.2, -0.15) is 0 Å². The standard InChI is InChI=1S/C14H15N3O/c1-17(13-5-3-2-4-6-13)14(18)9-12-8-7-11(15)10-16-12/h2-8,10H,9,15H2,1H3. The molecule has 1 heterocycles. The molecule has 2 rings (SSSR count). The van der Waals surface area contributed by atoms with Crippen LogP contribution >= 0.6 is 0 Å². The Morgan fingerprint density at radius 1 is 1.22 bits per heavy atom. The summed E-state index contributed by atoms with van der Waals surface area (Å²) in [5.41, 5.74) is 7.74. The van der Waals surface area contributed by atoms with Crippen LogP contribution in [0.3, 0.4) is 0 Å². The molecule has 0 atom stereocenters. The Bertz CT molecular complexity index is 522. The van der Waals surface area contributed by atoms with Gasteiger partial charge in [-0.25, -0.2) is 0 Å². The van der Waals surface area contributed by atoms with Gasteiger partial charge in [-0.3, -0.25) is 9.78 Å². The summed E-state index contributed by atoms with van der Waals surface area (Å²) in [4.78, 5) is 17.8. The van der Waals surface area contributed by atoms with Crippen molar-refractivity contribution in [2.45, 2.75) is 6.42 Å². The zero-order chi connectivity index (χ0) is 13.0. The highest BCUT2D eigenvalue weighted by molar-refractivity contribution is 5.93. The van der Waals surface area contributed by atoms with Crippen molar-refractivity contribution in [3.05, 3.63) is 54.4 Å². The number of hydrogen-bond acceptors (Lipinski definition) is 3. The van der Waals surface area contributed by atoms with E-state index in [4.69, 9.17) is 5.73 Å². The minimum atomic E-state index is -0.00142. The van der Waals surface area contributed by atoms with Crippen LogP contribution in [-0.4, -0.2) is 17.9 Å². The Hall–Kier alpha value is -2.36. The number of carbonyl (C=O) groups is 1. The third-order valence-electron chi connectivity index (χ3n) is 2.70. The topological polar surface area (TPSA) is 59.2 Å². The van der Waals surface area contributed by atoms with Gasteiger partial charge in [0.2, 0.25) is 5.91 Å². The van der Waals surface area contributed by atoms with Crippen LogP contribution in [0.1, 0.15) is 5.69 Å². The highest BCUT2D eigenvalue weighted by atomic mass is 16.2. The maximum atomic E-state index is 12.1. The van der Waals surface area contributed by atoms with Gasteiger partial charge in [-0.05, 0) is 24.3 Å². The lowest BCUT2D eigenvalue weighted by atomic mass is 10.2. The van der Waals surface area contributed by atoms with Gasteiger partial charge in [0, 0.05) is 18.4 Å². The van der Waals surface area contributed by atoms with E-state index in [1.807, 2.05) is 30.3 Å². The molecule has 1 aromatic heterocycles. The third kappa shape index (κ3) is 2.85. The average molecular weight is 241 g/mol. The number of benzene rings is 1. The molecule has 0 unspecified atom stereocenters. The summed E-state index contributed by atoms with van der Waals surface area (Å²) < 4.78 is 0.